The van der Waals surface area contributed by atoms with Gasteiger partial charge >= 0.3 is 11.9 Å². The van der Waals surface area contributed by atoms with E-state index >= 15 is 0 Å². The topological polar surface area (TPSA) is 86.6 Å². The third kappa shape index (κ3) is 3.33. The highest BCUT2D eigenvalue weighted by Gasteiger charge is 2.28. The molecular formula is C9H15NO4. The van der Waals surface area contributed by atoms with Crippen molar-refractivity contribution in [2.75, 3.05) is 0 Å². The van der Waals surface area contributed by atoms with Crippen molar-refractivity contribution in [2.45, 2.75) is 44.2 Å². The monoisotopic (exact) mass is 201 g/mol. The van der Waals surface area contributed by atoms with Crippen LogP contribution in [0.15, 0.2) is 0 Å². The van der Waals surface area contributed by atoms with E-state index in [1.165, 1.54) is 0 Å². The Morgan fingerprint density at radius 2 is 2.00 bits per heavy atom. The molecule has 80 valence electrons. The number of hydrogen-bond donors (Lipinski definition) is 3. The van der Waals surface area contributed by atoms with E-state index in [4.69, 9.17) is 10.2 Å². The Balaban J connectivity index is 2.16. The predicted molar refractivity (Wildman–Crippen MR) is 49.1 cm³/mol. The second-order valence-corrected chi connectivity index (χ2v) is 3.62. The van der Waals surface area contributed by atoms with Crippen molar-refractivity contribution in [3.05, 3.63) is 0 Å². The summed E-state index contributed by atoms with van der Waals surface area (Å²) in [6.45, 7) is 0. The lowest BCUT2D eigenvalue weighted by molar-refractivity contribution is -0.139. The van der Waals surface area contributed by atoms with E-state index in [1.807, 2.05) is 0 Å². The zero-order valence-electron chi connectivity index (χ0n) is 7.90. The maximum absolute atomic E-state index is 10.6. The smallest absolute Gasteiger partial charge is 0.320 e. The molecule has 14 heavy (non-hydrogen) atoms. The molecule has 5 nitrogen and oxygen atoms in total. The average molecular weight is 201 g/mol. The van der Waals surface area contributed by atoms with Crippen molar-refractivity contribution in [2.24, 2.45) is 0 Å². The van der Waals surface area contributed by atoms with E-state index in [9.17, 15) is 9.59 Å². The van der Waals surface area contributed by atoms with Gasteiger partial charge in [0.05, 0.1) is 0 Å². The van der Waals surface area contributed by atoms with Crippen LogP contribution in [0.1, 0.15) is 32.1 Å². The zero-order chi connectivity index (χ0) is 10.6. The van der Waals surface area contributed by atoms with Crippen LogP contribution < -0.4 is 5.32 Å². The summed E-state index contributed by atoms with van der Waals surface area (Å²) in [5.41, 5.74) is 0. The molecule has 0 unspecified atom stereocenters. The first-order valence-electron chi connectivity index (χ1n) is 4.80. The van der Waals surface area contributed by atoms with Crippen LogP contribution in [0.3, 0.4) is 0 Å². The molecule has 1 saturated heterocycles. The lowest BCUT2D eigenvalue weighted by atomic mass is 10.1. The van der Waals surface area contributed by atoms with E-state index in [2.05, 4.69) is 5.32 Å². The molecule has 0 aromatic heterocycles. The maximum atomic E-state index is 10.6. The number of carboxylic acid groups (broad SMARTS) is 2. The van der Waals surface area contributed by atoms with Gasteiger partial charge in [0.15, 0.2) is 0 Å². The highest BCUT2D eigenvalue weighted by molar-refractivity contribution is 5.73. The van der Waals surface area contributed by atoms with Crippen LogP contribution in [0.25, 0.3) is 0 Å². The Bertz CT molecular complexity index is 229. The molecule has 0 bridgehead atoms. The largest absolute Gasteiger partial charge is 0.481 e. The molecule has 0 radical (unpaired) electrons. The van der Waals surface area contributed by atoms with Gasteiger partial charge in [0.2, 0.25) is 0 Å². The van der Waals surface area contributed by atoms with Gasteiger partial charge in [0.1, 0.15) is 6.04 Å². The quantitative estimate of drug-likeness (QED) is 0.601. The van der Waals surface area contributed by atoms with Gasteiger partial charge in [-0.3, -0.25) is 9.59 Å². The molecule has 2 atom stereocenters. The Labute approximate surface area is 82.1 Å². The van der Waals surface area contributed by atoms with E-state index in [1.54, 1.807) is 0 Å². The van der Waals surface area contributed by atoms with E-state index in [0.29, 0.717) is 12.8 Å². The van der Waals surface area contributed by atoms with Gasteiger partial charge in [0, 0.05) is 12.5 Å². The Hall–Kier alpha value is -1.10. The van der Waals surface area contributed by atoms with Crippen molar-refractivity contribution in [3.63, 3.8) is 0 Å². The van der Waals surface area contributed by atoms with E-state index < -0.39 is 18.0 Å². The lowest BCUT2D eigenvalue weighted by Crippen LogP contribution is -2.35. The second kappa shape index (κ2) is 4.95. The molecule has 1 heterocycles. The summed E-state index contributed by atoms with van der Waals surface area (Å²) in [5.74, 6) is -1.61. The van der Waals surface area contributed by atoms with Crippen LogP contribution in [0, 0.1) is 0 Å². The number of nitrogens with one attached hydrogen (secondary N) is 1. The highest BCUT2D eigenvalue weighted by atomic mass is 16.4. The fraction of sp³-hybridized carbons (Fsp3) is 0.778. The van der Waals surface area contributed by atoms with Crippen LogP contribution >= 0.6 is 0 Å². The summed E-state index contributed by atoms with van der Waals surface area (Å²) < 4.78 is 0. The average Bonchev–Trinajstić information content (AvgIpc) is 2.52. The second-order valence-electron chi connectivity index (χ2n) is 3.62. The van der Waals surface area contributed by atoms with Crippen LogP contribution in [0.5, 0.6) is 0 Å². The molecule has 0 amide bonds. The van der Waals surface area contributed by atoms with Crippen LogP contribution in [-0.2, 0) is 9.59 Å². The van der Waals surface area contributed by atoms with Crippen molar-refractivity contribution in [1.29, 1.82) is 0 Å². The molecule has 1 aliphatic heterocycles. The first kappa shape index (κ1) is 11.0. The standard InChI is InChI=1S/C9H15NO4/c11-8(12)3-1-2-6-4-5-7(10-6)9(13)14/h6-7,10H,1-5H2,(H,11,12)(H,13,14)/t6-,7-/m0/s1. The molecule has 0 aliphatic carbocycles. The fourth-order valence-corrected chi connectivity index (χ4v) is 1.74. The molecule has 0 aromatic carbocycles. The summed E-state index contributed by atoms with van der Waals surface area (Å²) in [6.07, 6.45) is 3.00. The first-order chi connectivity index (χ1) is 6.59. The number of hydrogen-bond acceptors (Lipinski definition) is 3. The molecule has 0 spiro atoms. The van der Waals surface area contributed by atoms with Crippen LogP contribution in [0.4, 0.5) is 0 Å². The molecule has 0 saturated carbocycles. The number of carbonyl (C=O) groups is 2. The van der Waals surface area contributed by atoms with Gasteiger partial charge in [0.25, 0.3) is 0 Å². The minimum absolute atomic E-state index is 0.163. The maximum Gasteiger partial charge on any atom is 0.320 e. The van der Waals surface area contributed by atoms with Crippen molar-refractivity contribution >= 4 is 11.9 Å². The third-order valence-electron chi connectivity index (χ3n) is 2.48. The fourth-order valence-electron chi connectivity index (χ4n) is 1.74. The predicted octanol–water partition coefficient (Wildman–Crippen LogP) is 0.446. The Kier molecular flexibility index (Phi) is 3.88. The summed E-state index contributed by atoms with van der Waals surface area (Å²) in [5, 5.41) is 20.1. The molecule has 1 aliphatic rings. The van der Waals surface area contributed by atoms with Gasteiger partial charge in [-0.25, -0.2) is 0 Å². The highest BCUT2D eigenvalue weighted by Crippen LogP contribution is 2.17. The molecule has 1 fully saturated rings. The van der Waals surface area contributed by atoms with Crippen molar-refractivity contribution < 1.29 is 19.8 Å². The minimum Gasteiger partial charge on any atom is -0.481 e. The van der Waals surface area contributed by atoms with E-state index in [-0.39, 0.29) is 12.5 Å². The number of carboxylic acids is 2. The van der Waals surface area contributed by atoms with Gasteiger partial charge in [-0.1, -0.05) is 0 Å². The van der Waals surface area contributed by atoms with E-state index in [0.717, 1.165) is 12.8 Å². The summed E-state index contributed by atoms with van der Waals surface area (Å²) in [7, 11) is 0. The lowest BCUT2D eigenvalue weighted by Gasteiger charge is -2.10. The number of rotatable bonds is 5. The SMILES string of the molecule is O=C(O)CCC[C@H]1CC[C@@H](C(=O)O)N1. The Morgan fingerprint density at radius 3 is 2.50 bits per heavy atom. The molecule has 3 N–H and O–H groups in total. The summed E-state index contributed by atoms with van der Waals surface area (Å²) >= 11 is 0. The minimum atomic E-state index is -0.814. The van der Waals surface area contributed by atoms with Gasteiger partial charge in [-0.2, -0.15) is 0 Å². The van der Waals surface area contributed by atoms with Gasteiger partial charge < -0.3 is 15.5 Å². The Morgan fingerprint density at radius 1 is 1.29 bits per heavy atom. The molecule has 0 aromatic rings. The van der Waals surface area contributed by atoms with Crippen LogP contribution in [-0.4, -0.2) is 34.2 Å². The molecular weight excluding hydrogens is 186 g/mol. The summed E-state index contributed by atoms with van der Waals surface area (Å²) in [6, 6.07) is -0.264. The third-order valence-corrected chi connectivity index (χ3v) is 2.48. The normalized spacial score (nSPS) is 26.3. The number of aliphatic carboxylic acids is 2. The van der Waals surface area contributed by atoms with Gasteiger partial charge in [-0.05, 0) is 25.7 Å². The van der Waals surface area contributed by atoms with Gasteiger partial charge in [-0.15, -0.1) is 0 Å². The van der Waals surface area contributed by atoms with Crippen molar-refractivity contribution in [1.82, 2.24) is 5.32 Å². The van der Waals surface area contributed by atoms with Crippen LogP contribution in [0.2, 0.25) is 0 Å². The zero-order valence-corrected chi connectivity index (χ0v) is 7.90. The summed E-state index contributed by atoms with van der Waals surface area (Å²) in [4.78, 5) is 20.8. The molecule has 5 heteroatoms. The first-order valence-corrected chi connectivity index (χ1v) is 4.80. The van der Waals surface area contributed by atoms with Crippen molar-refractivity contribution in [3.8, 4) is 0 Å². The molecule has 1 rings (SSSR count).